The van der Waals surface area contributed by atoms with Gasteiger partial charge in [0.1, 0.15) is 6.16 Å². The second-order valence-electron chi connectivity index (χ2n) is 4.44. The van der Waals surface area contributed by atoms with Crippen molar-refractivity contribution in [3.63, 3.8) is 0 Å². The van der Waals surface area contributed by atoms with Gasteiger partial charge in [-0.1, -0.05) is 32.6 Å². The number of terminal acetylenes is 1. The second kappa shape index (κ2) is 10.9. The minimum Gasteiger partial charge on any atom is -0.449 e. The summed E-state index contributed by atoms with van der Waals surface area (Å²) >= 11 is 0. The summed E-state index contributed by atoms with van der Waals surface area (Å²) in [6.07, 6.45) is 7.42. The third-order valence-corrected chi connectivity index (χ3v) is 4.23. The van der Waals surface area contributed by atoms with Crippen LogP contribution in [0.5, 0.6) is 0 Å². The van der Waals surface area contributed by atoms with Crippen molar-refractivity contribution in [1.29, 1.82) is 0 Å². The van der Waals surface area contributed by atoms with Crippen molar-refractivity contribution in [3.8, 4) is 12.3 Å². The molecule has 0 aliphatic rings. The molecule has 116 valence electrons. The van der Waals surface area contributed by atoms with Gasteiger partial charge in [-0.05, 0) is 19.8 Å². The van der Waals surface area contributed by atoms with Crippen LogP contribution in [-0.4, -0.2) is 31.4 Å². The summed E-state index contributed by atoms with van der Waals surface area (Å²) in [5.41, 5.74) is 0. The van der Waals surface area contributed by atoms with Crippen molar-refractivity contribution < 1.29 is 23.1 Å². The van der Waals surface area contributed by atoms with Gasteiger partial charge >= 0.3 is 13.6 Å². The van der Waals surface area contributed by atoms with Crippen LogP contribution >= 0.6 is 7.60 Å². The van der Waals surface area contributed by atoms with Crippen LogP contribution in [0, 0.1) is 12.3 Å². The monoisotopic (exact) mass is 304 g/mol. The van der Waals surface area contributed by atoms with Gasteiger partial charge < -0.3 is 13.8 Å². The minimum atomic E-state index is -3.44. The summed E-state index contributed by atoms with van der Waals surface area (Å²) in [6.45, 7) is 6.17. The van der Waals surface area contributed by atoms with Gasteiger partial charge in [-0.15, -0.1) is 6.42 Å². The van der Waals surface area contributed by atoms with Crippen LogP contribution in [0.1, 0.15) is 46.5 Å². The first-order chi connectivity index (χ1) is 9.47. The second-order valence-corrected chi connectivity index (χ2v) is 6.50. The SMILES string of the molecule is C#CC(C)OC(=O)CP(=O)(OCCCC)OCCCC. The summed E-state index contributed by atoms with van der Waals surface area (Å²) in [5, 5.41) is 0. The van der Waals surface area contributed by atoms with Crippen LogP contribution in [0.15, 0.2) is 0 Å². The average molecular weight is 304 g/mol. The zero-order chi connectivity index (χ0) is 15.4. The quantitative estimate of drug-likeness (QED) is 0.253. The minimum absolute atomic E-state index is 0.303. The number of esters is 1. The molecule has 5 nitrogen and oxygen atoms in total. The predicted molar refractivity (Wildman–Crippen MR) is 78.6 cm³/mol. The first-order valence-electron chi connectivity index (χ1n) is 7.01. The molecular weight excluding hydrogens is 279 g/mol. The fourth-order valence-electron chi connectivity index (χ4n) is 1.25. The third kappa shape index (κ3) is 9.14. The molecule has 0 saturated heterocycles. The van der Waals surface area contributed by atoms with E-state index in [9.17, 15) is 9.36 Å². The molecule has 0 aromatic carbocycles. The van der Waals surface area contributed by atoms with Crippen LogP contribution in [0.2, 0.25) is 0 Å². The molecule has 0 saturated carbocycles. The number of unbranched alkanes of at least 4 members (excludes halogenated alkanes) is 2. The van der Waals surface area contributed by atoms with Crippen molar-refractivity contribution in [2.75, 3.05) is 19.4 Å². The largest absolute Gasteiger partial charge is 0.449 e. The maximum absolute atomic E-state index is 12.4. The van der Waals surface area contributed by atoms with Gasteiger partial charge in [-0.2, -0.15) is 0 Å². The Kier molecular flexibility index (Phi) is 10.5. The molecule has 0 N–H and O–H groups in total. The molecule has 0 radical (unpaired) electrons. The molecule has 0 aliphatic carbocycles. The maximum Gasteiger partial charge on any atom is 0.341 e. The Balaban J connectivity index is 4.46. The Morgan fingerprint density at radius 2 is 1.70 bits per heavy atom. The number of carbonyl (C=O) groups is 1. The van der Waals surface area contributed by atoms with Crippen molar-refractivity contribution >= 4 is 13.6 Å². The molecule has 0 aromatic heterocycles. The predicted octanol–water partition coefficient (Wildman–Crippen LogP) is 3.38. The Bertz CT molecular complexity index is 347. The molecule has 0 spiro atoms. The summed E-state index contributed by atoms with van der Waals surface area (Å²) in [7, 11) is -3.44. The lowest BCUT2D eigenvalue weighted by molar-refractivity contribution is -0.142. The molecule has 1 unspecified atom stereocenters. The van der Waals surface area contributed by atoms with Gasteiger partial charge in [0, 0.05) is 0 Å². The van der Waals surface area contributed by atoms with Crippen LogP contribution in [-0.2, 0) is 23.1 Å². The summed E-state index contributed by atoms with van der Waals surface area (Å²) in [5.74, 6) is 1.61. The van der Waals surface area contributed by atoms with Crippen molar-refractivity contribution in [3.05, 3.63) is 0 Å². The topological polar surface area (TPSA) is 61.8 Å². The lowest BCUT2D eigenvalue weighted by atomic mass is 10.4. The van der Waals surface area contributed by atoms with E-state index in [1.54, 1.807) is 6.92 Å². The van der Waals surface area contributed by atoms with Crippen LogP contribution < -0.4 is 0 Å². The zero-order valence-electron chi connectivity index (χ0n) is 12.6. The summed E-state index contributed by atoms with van der Waals surface area (Å²) in [6, 6.07) is 0. The van der Waals surface area contributed by atoms with Crippen LogP contribution in [0.4, 0.5) is 0 Å². The van der Waals surface area contributed by atoms with E-state index >= 15 is 0 Å². The highest BCUT2D eigenvalue weighted by Gasteiger charge is 2.29. The number of hydrogen-bond donors (Lipinski definition) is 0. The van der Waals surface area contributed by atoms with Crippen molar-refractivity contribution in [2.24, 2.45) is 0 Å². The average Bonchev–Trinajstić information content (AvgIpc) is 2.39. The summed E-state index contributed by atoms with van der Waals surface area (Å²) < 4.78 is 27.9. The first kappa shape index (κ1) is 19.2. The number of hydrogen-bond acceptors (Lipinski definition) is 5. The van der Waals surface area contributed by atoms with Gasteiger partial charge in [0.2, 0.25) is 0 Å². The van der Waals surface area contributed by atoms with Crippen LogP contribution in [0.25, 0.3) is 0 Å². The molecule has 0 aromatic rings. The van der Waals surface area contributed by atoms with Gasteiger partial charge in [-0.25, -0.2) is 0 Å². The molecule has 0 aliphatic heterocycles. The molecule has 20 heavy (non-hydrogen) atoms. The first-order valence-corrected chi connectivity index (χ1v) is 8.74. The molecule has 0 fully saturated rings. The summed E-state index contributed by atoms with van der Waals surface area (Å²) in [4.78, 5) is 11.6. The lowest BCUT2D eigenvalue weighted by Crippen LogP contribution is -2.18. The fraction of sp³-hybridized carbons (Fsp3) is 0.786. The lowest BCUT2D eigenvalue weighted by Gasteiger charge is -2.18. The fourth-order valence-corrected chi connectivity index (χ4v) is 2.71. The van der Waals surface area contributed by atoms with E-state index in [0.717, 1.165) is 25.7 Å². The molecule has 0 heterocycles. The van der Waals surface area contributed by atoms with E-state index in [2.05, 4.69) is 5.92 Å². The van der Waals surface area contributed by atoms with Crippen LogP contribution in [0.3, 0.4) is 0 Å². The Morgan fingerprint density at radius 1 is 1.20 bits per heavy atom. The normalized spacial score (nSPS) is 12.7. The van der Waals surface area contributed by atoms with Gasteiger partial charge in [0.15, 0.2) is 6.10 Å². The van der Waals surface area contributed by atoms with E-state index in [1.165, 1.54) is 0 Å². The Hall–Kier alpha value is -0.820. The van der Waals surface area contributed by atoms with Crippen molar-refractivity contribution in [1.82, 2.24) is 0 Å². The maximum atomic E-state index is 12.4. The molecule has 1 atom stereocenters. The molecule has 0 bridgehead atoms. The van der Waals surface area contributed by atoms with E-state index in [1.807, 2.05) is 13.8 Å². The highest BCUT2D eigenvalue weighted by Crippen LogP contribution is 2.48. The number of carbonyl (C=O) groups excluding carboxylic acids is 1. The third-order valence-electron chi connectivity index (χ3n) is 2.44. The van der Waals surface area contributed by atoms with Crippen molar-refractivity contribution in [2.45, 2.75) is 52.6 Å². The number of rotatable bonds is 11. The van der Waals surface area contributed by atoms with Gasteiger partial charge in [0.25, 0.3) is 0 Å². The van der Waals surface area contributed by atoms with Gasteiger partial charge in [-0.3, -0.25) is 9.36 Å². The van der Waals surface area contributed by atoms with Gasteiger partial charge in [0.05, 0.1) is 13.2 Å². The zero-order valence-corrected chi connectivity index (χ0v) is 13.5. The Labute approximate surface area is 121 Å². The molecule has 0 rings (SSSR count). The number of ether oxygens (including phenoxy) is 1. The van der Waals surface area contributed by atoms with E-state index in [-0.39, 0.29) is 0 Å². The smallest absolute Gasteiger partial charge is 0.341 e. The molecular formula is C14H25O5P. The van der Waals surface area contributed by atoms with E-state index in [0.29, 0.717) is 13.2 Å². The van der Waals surface area contributed by atoms with E-state index < -0.39 is 25.8 Å². The Morgan fingerprint density at radius 3 is 2.10 bits per heavy atom. The standard InChI is InChI=1S/C14H25O5P/c1-5-8-10-17-20(16,18-11-9-6-2)12-14(15)19-13(4)7-3/h3,13H,5-6,8-12H2,1-2,4H3. The molecule has 0 amide bonds. The molecule has 6 heteroatoms. The highest BCUT2D eigenvalue weighted by molar-refractivity contribution is 7.54. The highest BCUT2D eigenvalue weighted by atomic mass is 31.2. The van der Waals surface area contributed by atoms with E-state index in [4.69, 9.17) is 20.2 Å².